The van der Waals surface area contributed by atoms with Crippen molar-refractivity contribution in [2.24, 2.45) is 0 Å². The summed E-state index contributed by atoms with van der Waals surface area (Å²) in [4.78, 5) is 5.43. The molecule has 0 radical (unpaired) electrons. The lowest BCUT2D eigenvalue weighted by Gasteiger charge is -2.16. The zero-order chi connectivity index (χ0) is 42.6. The van der Waals surface area contributed by atoms with Crippen molar-refractivity contribution in [1.29, 1.82) is 0 Å². The van der Waals surface area contributed by atoms with Crippen LogP contribution >= 0.6 is 0 Å². The van der Waals surface area contributed by atoms with Crippen molar-refractivity contribution >= 4 is 87.1 Å². The van der Waals surface area contributed by atoms with E-state index in [1.54, 1.807) is 0 Å². The van der Waals surface area contributed by atoms with Crippen molar-refractivity contribution in [1.82, 2.24) is 18.7 Å². The molecule has 0 aliphatic heterocycles. The van der Waals surface area contributed by atoms with Crippen LogP contribution in [0.3, 0.4) is 0 Å². The number of benzene rings is 10. The molecule has 0 saturated heterocycles. The Labute approximate surface area is 374 Å². The molecule has 14 rings (SSSR count). The van der Waals surface area contributed by atoms with E-state index in [9.17, 15) is 0 Å². The molecule has 0 unspecified atom stereocenters. The molecular weight excluding hydrogens is 789 g/mol. The molecule has 0 saturated carbocycles. The van der Waals surface area contributed by atoms with Crippen LogP contribution in [0.15, 0.2) is 231 Å². The topological polar surface area (TPSA) is 27.7 Å². The molecule has 0 N–H and O–H groups in total. The number of rotatable bonds is 5. The van der Waals surface area contributed by atoms with Gasteiger partial charge in [-0.25, -0.2) is 4.98 Å². The highest BCUT2D eigenvalue weighted by molar-refractivity contribution is 6.20. The first kappa shape index (κ1) is 35.8. The fourth-order valence-electron chi connectivity index (χ4n) is 10.7. The molecule has 0 amide bonds. The molecule has 65 heavy (non-hydrogen) atoms. The minimum Gasteiger partial charge on any atom is -0.309 e. The van der Waals surface area contributed by atoms with Crippen LogP contribution in [0, 0.1) is 0 Å². The summed E-state index contributed by atoms with van der Waals surface area (Å²) in [5.41, 5.74) is 15.8. The minimum absolute atomic E-state index is 0.980. The van der Waals surface area contributed by atoms with Crippen LogP contribution in [-0.2, 0) is 0 Å². The van der Waals surface area contributed by atoms with Crippen LogP contribution in [0.5, 0.6) is 0 Å². The number of hydrogen-bond donors (Lipinski definition) is 0. The van der Waals surface area contributed by atoms with E-state index in [0.717, 1.165) is 55.7 Å². The number of aromatic nitrogens is 4. The lowest BCUT2D eigenvalue weighted by Crippen LogP contribution is -2.00. The van der Waals surface area contributed by atoms with Crippen LogP contribution in [0.2, 0.25) is 0 Å². The van der Waals surface area contributed by atoms with Crippen molar-refractivity contribution < 1.29 is 0 Å². The third-order valence-corrected chi connectivity index (χ3v) is 13.6. The van der Waals surface area contributed by atoms with Crippen molar-refractivity contribution in [2.75, 3.05) is 0 Å². The zero-order valence-electron chi connectivity index (χ0n) is 35.2. The third-order valence-electron chi connectivity index (χ3n) is 13.6. The second-order valence-electron chi connectivity index (χ2n) is 17.1. The molecule has 302 valence electrons. The highest BCUT2D eigenvalue weighted by Crippen LogP contribution is 2.42. The monoisotopic (exact) mass is 826 g/mol. The molecule has 0 atom stereocenters. The SMILES string of the molecule is c1ccc(-n2c3ccccc3c3cc4c(-c5ccc(-c6cc(-n7c8ccccc8c8ccccc87)cc(-n7c8ccccc8c8ccccc87)c6)cc5)nc5ccccc5c4cc32)cc1. The first-order valence-corrected chi connectivity index (χ1v) is 22.3. The van der Waals surface area contributed by atoms with Crippen molar-refractivity contribution in [3.8, 4) is 39.4 Å². The van der Waals surface area contributed by atoms with Gasteiger partial charge in [0, 0.05) is 65.7 Å². The Hall–Kier alpha value is -8.73. The smallest absolute Gasteiger partial charge is 0.0788 e. The van der Waals surface area contributed by atoms with Gasteiger partial charge in [-0.05, 0) is 95.4 Å². The molecule has 0 bridgehead atoms. The molecule has 14 aromatic rings. The lowest BCUT2D eigenvalue weighted by atomic mass is 9.96. The summed E-state index contributed by atoms with van der Waals surface area (Å²) in [5, 5.41) is 10.9. The average molecular weight is 827 g/mol. The van der Waals surface area contributed by atoms with E-state index in [4.69, 9.17) is 4.98 Å². The minimum atomic E-state index is 0.980. The highest BCUT2D eigenvalue weighted by atomic mass is 15.0. The Balaban J connectivity index is 0.991. The van der Waals surface area contributed by atoms with Crippen molar-refractivity contribution in [2.45, 2.75) is 0 Å². The van der Waals surface area contributed by atoms with Crippen molar-refractivity contribution in [3.05, 3.63) is 231 Å². The molecule has 4 nitrogen and oxygen atoms in total. The normalized spacial score (nSPS) is 12.0. The maximum absolute atomic E-state index is 5.43. The van der Waals surface area contributed by atoms with Gasteiger partial charge < -0.3 is 13.7 Å². The fraction of sp³-hybridized carbons (Fsp3) is 0. The Morgan fingerprint density at radius 3 is 1.17 bits per heavy atom. The fourth-order valence-corrected chi connectivity index (χ4v) is 10.7. The van der Waals surface area contributed by atoms with E-state index < -0.39 is 0 Å². The number of fused-ring (bicyclic) bond motifs is 12. The maximum atomic E-state index is 5.43. The third kappa shape index (κ3) is 5.35. The summed E-state index contributed by atoms with van der Waals surface area (Å²) in [6, 6.07) is 83.9. The van der Waals surface area contributed by atoms with Gasteiger partial charge >= 0.3 is 0 Å². The Morgan fingerprint density at radius 2 is 0.646 bits per heavy atom. The molecule has 0 aliphatic carbocycles. The second kappa shape index (κ2) is 13.9. The Bertz CT molecular complexity index is 3990. The lowest BCUT2D eigenvalue weighted by molar-refractivity contribution is 1.13. The summed E-state index contributed by atoms with van der Waals surface area (Å²) in [5.74, 6) is 0. The highest BCUT2D eigenvalue weighted by Gasteiger charge is 2.20. The molecule has 4 heterocycles. The Morgan fingerprint density at radius 1 is 0.231 bits per heavy atom. The second-order valence-corrected chi connectivity index (χ2v) is 17.1. The number of para-hydroxylation sites is 7. The van der Waals surface area contributed by atoms with E-state index in [1.165, 1.54) is 70.8 Å². The summed E-state index contributed by atoms with van der Waals surface area (Å²) >= 11 is 0. The van der Waals surface area contributed by atoms with Gasteiger partial charge in [-0.15, -0.1) is 0 Å². The van der Waals surface area contributed by atoms with Gasteiger partial charge in [0.1, 0.15) is 0 Å². The number of nitrogens with zero attached hydrogens (tertiary/aromatic N) is 4. The summed E-state index contributed by atoms with van der Waals surface area (Å²) in [6.07, 6.45) is 0. The standard InChI is InChI=1S/C61H38N4/c1-2-16-42(17-3-1)63-59-29-15-9-23-50(59)52-37-53-51(38-60(52)63)45-18-4-10-24-54(45)62-61(53)40-32-30-39(31-33-40)41-34-43(64-55-25-11-5-19-46(55)47-20-6-12-26-56(47)64)36-44(35-41)65-57-27-13-7-21-48(57)49-22-8-14-28-58(49)65/h1-38H. The van der Waals surface area contributed by atoms with Crippen molar-refractivity contribution in [3.63, 3.8) is 0 Å². The largest absolute Gasteiger partial charge is 0.309 e. The predicted molar refractivity (Wildman–Crippen MR) is 273 cm³/mol. The molecule has 0 fully saturated rings. The maximum Gasteiger partial charge on any atom is 0.0788 e. The van der Waals surface area contributed by atoms with Crippen LogP contribution in [0.4, 0.5) is 0 Å². The molecule has 4 aromatic heterocycles. The summed E-state index contributed by atoms with van der Waals surface area (Å²) in [6.45, 7) is 0. The van der Waals surface area contributed by atoms with Crippen LogP contribution in [-0.4, -0.2) is 18.7 Å². The van der Waals surface area contributed by atoms with Gasteiger partial charge in [-0.1, -0.05) is 152 Å². The van der Waals surface area contributed by atoms with E-state index in [-0.39, 0.29) is 0 Å². The van der Waals surface area contributed by atoms with Crippen LogP contribution in [0.25, 0.3) is 127 Å². The van der Waals surface area contributed by atoms with Gasteiger partial charge in [0.2, 0.25) is 0 Å². The summed E-state index contributed by atoms with van der Waals surface area (Å²) in [7, 11) is 0. The number of pyridine rings is 1. The predicted octanol–water partition coefficient (Wildman–Crippen LogP) is 16.0. The van der Waals surface area contributed by atoms with Gasteiger partial charge in [0.05, 0.1) is 44.3 Å². The quantitative estimate of drug-likeness (QED) is 0.159. The Kier molecular flexibility index (Phi) is 7.65. The van der Waals surface area contributed by atoms with Crippen LogP contribution < -0.4 is 0 Å². The van der Waals surface area contributed by atoms with Gasteiger partial charge in [-0.3, -0.25) is 0 Å². The van der Waals surface area contributed by atoms with E-state index >= 15 is 0 Å². The summed E-state index contributed by atoms with van der Waals surface area (Å²) < 4.78 is 7.26. The van der Waals surface area contributed by atoms with E-state index in [2.05, 4.69) is 244 Å². The van der Waals surface area contributed by atoms with Crippen LogP contribution in [0.1, 0.15) is 0 Å². The average Bonchev–Trinajstić information content (AvgIpc) is 4.01. The molecule has 0 spiro atoms. The molecular formula is C61H38N4. The first-order chi connectivity index (χ1) is 32.2. The molecule has 10 aromatic carbocycles. The first-order valence-electron chi connectivity index (χ1n) is 22.3. The molecule has 4 heteroatoms. The van der Waals surface area contributed by atoms with E-state index in [0.29, 0.717) is 0 Å². The number of hydrogen-bond acceptors (Lipinski definition) is 1. The molecule has 0 aliphatic rings. The zero-order valence-corrected chi connectivity index (χ0v) is 35.2. The van der Waals surface area contributed by atoms with Gasteiger partial charge in [0.15, 0.2) is 0 Å². The van der Waals surface area contributed by atoms with E-state index in [1.807, 2.05) is 0 Å². The van der Waals surface area contributed by atoms with Gasteiger partial charge in [0.25, 0.3) is 0 Å². The van der Waals surface area contributed by atoms with Gasteiger partial charge in [-0.2, -0.15) is 0 Å².